The Morgan fingerprint density at radius 2 is 2.11 bits per heavy atom. The van der Waals surface area contributed by atoms with E-state index in [-0.39, 0.29) is 22.3 Å². The van der Waals surface area contributed by atoms with Crippen molar-refractivity contribution in [2.75, 3.05) is 5.88 Å². The van der Waals surface area contributed by atoms with Crippen LogP contribution in [0, 0.1) is 17.0 Å². The average molecular weight is 293 g/mol. The van der Waals surface area contributed by atoms with Crippen LogP contribution in [0.3, 0.4) is 0 Å². The molecule has 0 saturated heterocycles. The van der Waals surface area contributed by atoms with Crippen molar-refractivity contribution in [3.8, 4) is 0 Å². The SMILES string of the molecule is Cc1nc(S(=O)(=O)C(C)CCCl)ccc1[N+](=O)[O-]. The van der Waals surface area contributed by atoms with Gasteiger partial charge in [0.2, 0.25) is 0 Å². The summed E-state index contributed by atoms with van der Waals surface area (Å²) in [5.74, 6) is 0.229. The largest absolute Gasteiger partial charge is 0.290 e. The lowest BCUT2D eigenvalue weighted by molar-refractivity contribution is -0.385. The van der Waals surface area contributed by atoms with Gasteiger partial charge in [-0.3, -0.25) is 10.1 Å². The third kappa shape index (κ3) is 2.97. The Balaban J connectivity index is 3.19. The Morgan fingerprint density at radius 1 is 1.50 bits per heavy atom. The third-order valence-corrected chi connectivity index (χ3v) is 4.89. The Morgan fingerprint density at radius 3 is 2.56 bits per heavy atom. The fraction of sp³-hybridized carbons (Fsp3) is 0.500. The van der Waals surface area contributed by atoms with Crippen LogP contribution >= 0.6 is 11.6 Å². The number of aromatic nitrogens is 1. The van der Waals surface area contributed by atoms with Gasteiger partial charge in [0.25, 0.3) is 5.69 Å². The quantitative estimate of drug-likeness (QED) is 0.471. The molecule has 1 unspecified atom stereocenters. The lowest BCUT2D eigenvalue weighted by Gasteiger charge is -2.10. The van der Waals surface area contributed by atoms with Crippen molar-refractivity contribution in [1.29, 1.82) is 0 Å². The molecular formula is C10H13ClN2O4S. The number of pyridine rings is 1. The molecule has 0 aromatic carbocycles. The zero-order chi connectivity index (χ0) is 13.9. The van der Waals surface area contributed by atoms with Crippen LogP contribution in [0.5, 0.6) is 0 Å². The lowest BCUT2D eigenvalue weighted by Crippen LogP contribution is -2.20. The van der Waals surface area contributed by atoms with E-state index in [9.17, 15) is 18.5 Å². The van der Waals surface area contributed by atoms with E-state index in [2.05, 4.69) is 4.98 Å². The highest BCUT2D eigenvalue weighted by molar-refractivity contribution is 7.92. The van der Waals surface area contributed by atoms with Crippen LogP contribution in [0.1, 0.15) is 19.0 Å². The molecule has 0 saturated carbocycles. The molecule has 1 aromatic heterocycles. The van der Waals surface area contributed by atoms with E-state index in [0.29, 0.717) is 6.42 Å². The van der Waals surface area contributed by atoms with Crippen LogP contribution in [-0.4, -0.2) is 29.5 Å². The summed E-state index contributed by atoms with van der Waals surface area (Å²) in [5.41, 5.74) is -0.113. The van der Waals surface area contributed by atoms with Crippen LogP contribution < -0.4 is 0 Å². The standard InChI is InChI=1S/C10H13ClN2O4S/c1-7(5-6-11)18(16,17)10-4-3-9(13(14)15)8(2)12-10/h3-4,7H,5-6H2,1-2H3. The van der Waals surface area contributed by atoms with E-state index < -0.39 is 20.0 Å². The van der Waals surface area contributed by atoms with Crippen LogP contribution in [0.2, 0.25) is 0 Å². The van der Waals surface area contributed by atoms with E-state index in [1.807, 2.05) is 0 Å². The zero-order valence-corrected chi connectivity index (χ0v) is 11.5. The second-order valence-corrected chi connectivity index (χ2v) is 6.54. The molecule has 0 radical (unpaired) electrons. The molecular weight excluding hydrogens is 280 g/mol. The number of sulfone groups is 1. The molecule has 6 nitrogen and oxygen atoms in total. The van der Waals surface area contributed by atoms with Gasteiger partial charge in [0, 0.05) is 11.9 Å². The average Bonchev–Trinajstić information content (AvgIpc) is 2.28. The number of nitrogens with zero attached hydrogens (tertiary/aromatic N) is 2. The van der Waals surface area contributed by atoms with Gasteiger partial charge in [-0.1, -0.05) is 0 Å². The van der Waals surface area contributed by atoms with E-state index in [0.717, 1.165) is 12.1 Å². The predicted octanol–water partition coefficient (Wildman–Crippen LogP) is 2.09. The predicted molar refractivity (Wildman–Crippen MR) is 67.6 cm³/mol. The third-order valence-electron chi connectivity index (χ3n) is 2.57. The molecule has 0 amide bonds. The molecule has 0 aliphatic heterocycles. The number of hydrogen-bond acceptors (Lipinski definition) is 5. The minimum absolute atomic E-state index is 0.0825. The summed E-state index contributed by atoms with van der Waals surface area (Å²) in [4.78, 5) is 13.8. The normalized spacial score (nSPS) is 13.3. The summed E-state index contributed by atoms with van der Waals surface area (Å²) in [6.45, 7) is 2.94. The number of aryl methyl sites for hydroxylation is 1. The van der Waals surface area contributed by atoms with Crippen molar-refractivity contribution < 1.29 is 13.3 Å². The van der Waals surface area contributed by atoms with Crippen LogP contribution in [-0.2, 0) is 9.84 Å². The Bertz CT molecular complexity index is 559. The maximum Gasteiger partial charge on any atom is 0.290 e. The van der Waals surface area contributed by atoms with Crippen LogP contribution in [0.25, 0.3) is 0 Å². The maximum atomic E-state index is 12.1. The van der Waals surface area contributed by atoms with Gasteiger partial charge in [0.1, 0.15) is 5.69 Å². The van der Waals surface area contributed by atoms with Crippen LogP contribution in [0.15, 0.2) is 17.2 Å². The first-order valence-corrected chi connectivity index (χ1v) is 7.30. The molecule has 18 heavy (non-hydrogen) atoms. The van der Waals surface area contributed by atoms with Gasteiger partial charge in [-0.05, 0) is 26.3 Å². The maximum absolute atomic E-state index is 12.1. The van der Waals surface area contributed by atoms with Crippen molar-refractivity contribution >= 4 is 27.1 Å². The second kappa shape index (κ2) is 5.62. The number of nitro groups is 1. The molecule has 8 heteroatoms. The van der Waals surface area contributed by atoms with Crippen molar-refractivity contribution in [1.82, 2.24) is 4.98 Å². The highest BCUT2D eigenvalue weighted by Gasteiger charge is 2.26. The summed E-state index contributed by atoms with van der Waals surface area (Å²) >= 11 is 5.51. The van der Waals surface area contributed by atoms with Crippen molar-refractivity contribution in [2.45, 2.75) is 30.5 Å². The van der Waals surface area contributed by atoms with Gasteiger partial charge < -0.3 is 0 Å². The summed E-state index contributed by atoms with van der Waals surface area (Å²) < 4.78 is 24.1. The van der Waals surface area contributed by atoms with Gasteiger partial charge in [0.05, 0.1) is 10.2 Å². The molecule has 1 heterocycles. The molecule has 0 aliphatic carbocycles. The monoisotopic (exact) mass is 292 g/mol. The summed E-state index contributed by atoms with van der Waals surface area (Å²) in [6.07, 6.45) is 0.307. The molecule has 0 fully saturated rings. The van der Waals surface area contributed by atoms with E-state index >= 15 is 0 Å². The number of rotatable bonds is 5. The van der Waals surface area contributed by atoms with E-state index in [1.165, 1.54) is 13.8 Å². The highest BCUT2D eigenvalue weighted by Crippen LogP contribution is 2.21. The summed E-state index contributed by atoms with van der Waals surface area (Å²) in [7, 11) is -3.58. The van der Waals surface area contributed by atoms with Gasteiger partial charge >= 0.3 is 0 Å². The zero-order valence-electron chi connectivity index (χ0n) is 9.96. The molecule has 0 N–H and O–H groups in total. The smallest absolute Gasteiger partial charge is 0.258 e. The Kier molecular flexibility index (Phi) is 4.64. The fourth-order valence-electron chi connectivity index (χ4n) is 1.40. The first kappa shape index (κ1) is 14.8. The number of hydrogen-bond donors (Lipinski definition) is 0. The first-order valence-electron chi connectivity index (χ1n) is 5.22. The van der Waals surface area contributed by atoms with Crippen molar-refractivity contribution in [3.05, 3.63) is 27.9 Å². The first-order chi connectivity index (χ1) is 8.30. The van der Waals surface area contributed by atoms with E-state index in [1.54, 1.807) is 0 Å². The van der Waals surface area contributed by atoms with Gasteiger partial charge in [0.15, 0.2) is 14.9 Å². The molecule has 1 atom stereocenters. The second-order valence-electron chi connectivity index (χ2n) is 3.84. The fourth-order valence-corrected chi connectivity index (χ4v) is 3.22. The van der Waals surface area contributed by atoms with Crippen molar-refractivity contribution in [3.63, 3.8) is 0 Å². The minimum Gasteiger partial charge on any atom is -0.258 e. The molecule has 0 spiro atoms. The number of halogens is 1. The topological polar surface area (TPSA) is 90.2 Å². The van der Waals surface area contributed by atoms with Crippen LogP contribution in [0.4, 0.5) is 5.69 Å². The molecule has 0 bridgehead atoms. The summed E-state index contributed by atoms with van der Waals surface area (Å²) in [6, 6.07) is 2.31. The highest BCUT2D eigenvalue weighted by atomic mass is 35.5. The van der Waals surface area contributed by atoms with E-state index in [4.69, 9.17) is 11.6 Å². The number of alkyl halides is 1. The minimum atomic E-state index is -3.58. The molecule has 1 rings (SSSR count). The van der Waals surface area contributed by atoms with Gasteiger partial charge in [-0.2, -0.15) is 0 Å². The lowest BCUT2D eigenvalue weighted by atomic mass is 10.3. The van der Waals surface area contributed by atoms with Crippen molar-refractivity contribution in [2.24, 2.45) is 0 Å². The molecule has 0 aliphatic rings. The van der Waals surface area contributed by atoms with Gasteiger partial charge in [-0.25, -0.2) is 13.4 Å². The Hall–Kier alpha value is -1.21. The molecule has 1 aromatic rings. The molecule has 100 valence electrons. The Labute approximate surface area is 110 Å². The summed E-state index contributed by atoms with van der Waals surface area (Å²) in [5, 5.41) is 9.80. The van der Waals surface area contributed by atoms with Gasteiger partial charge in [-0.15, -0.1) is 11.6 Å².